The minimum Gasteiger partial charge on any atom is -0.391 e. The Morgan fingerprint density at radius 1 is 1.47 bits per heavy atom. The van der Waals surface area contributed by atoms with Crippen LogP contribution in [0.25, 0.3) is 0 Å². The molecule has 0 saturated carbocycles. The molecule has 2 fully saturated rings. The Bertz CT molecular complexity index is 303. The van der Waals surface area contributed by atoms with E-state index in [1.807, 2.05) is 19.0 Å². The van der Waals surface area contributed by atoms with Crippen LogP contribution in [0.1, 0.15) is 32.1 Å². The van der Waals surface area contributed by atoms with Gasteiger partial charge in [0.1, 0.15) is 0 Å². The van der Waals surface area contributed by atoms with E-state index in [0.29, 0.717) is 19.4 Å². The smallest absolute Gasteiger partial charge is 0.223 e. The summed E-state index contributed by atoms with van der Waals surface area (Å²) >= 11 is 0. The number of ether oxygens (including phenoxy) is 1. The number of rotatable bonds is 5. The van der Waals surface area contributed by atoms with Crippen LogP contribution in [-0.4, -0.2) is 72.9 Å². The van der Waals surface area contributed by atoms with Crippen LogP contribution in [-0.2, 0) is 9.53 Å². The van der Waals surface area contributed by atoms with Gasteiger partial charge in [-0.1, -0.05) is 0 Å². The third-order valence-electron chi connectivity index (χ3n) is 3.99. The molecule has 2 heterocycles. The molecule has 2 saturated heterocycles. The minimum absolute atomic E-state index is 0.155. The highest BCUT2D eigenvalue weighted by Gasteiger charge is 2.34. The zero-order valence-electron chi connectivity index (χ0n) is 12.0. The van der Waals surface area contributed by atoms with E-state index in [9.17, 15) is 9.90 Å². The maximum Gasteiger partial charge on any atom is 0.223 e. The van der Waals surface area contributed by atoms with Crippen molar-refractivity contribution in [2.45, 2.75) is 50.4 Å². The van der Waals surface area contributed by atoms with Gasteiger partial charge in [0.25, 0.3) is 0 Å². The zero-order valence-corrected chi connectivity index (χ0v) is 12.0. The van der Waals surface area contributed by atoms with Crippen molar-refractivity contribution in [3.63, 3.8) is 0 Å². The summed E-state index contributed by atoms with van der Waals surface area (Å²) in [5, 5.41) is 9.77. The summed E-state index contributed by atoms with van der Waals surface area (Å²) < 4.78 is 5.55. The van der Waals surface area contributed by atoms with E-state index in [-0.39, 0.29) is 24.2 Å². The van der Waals surface area contributed by atoms with Gasteiger partial charge < -0.3 is 19.6 Å². The van der Waals surface area contributed by atoms with E-state index in [4.69, 9.17) is 4.74 Å². The van der Waals surface area contributed by atoms with Crippen LogP contribution in [0.2, 0.25) is 0 Å². The van der Waals surface area contributed by atoms with Crippen LogP contribution in [0.5, 0.6) is 0 Å². The molecule has 3 unspecified atom stereocenters. The van der Waals surface area contributed by atoms with Crippen molar-refractivity contribution in [1.82, 2.24) is 9.80 Å². The van der Waals surface area contributed by atoms with Gasteiger partial charge in [-0.3, -0.25) is 4.79 Å². The summed E-state index contributed by atoms with van der Waals surface area (Å²) in [6.07, 6.45) is 4.16. The van der Waals surface area contributed by atoms with Crippen molar-refractivity contribution in [2.24, 2.45) is 0 Å². The molecular weight excluding hydrogens is 244 g/mol. The average molecular weight is 270 g/mol. The molecule has 3 atom stereocenters. The number of hydrogen-bond acceptors (Lipinski definition) is 4. The highest BCUT2D eigenvalue weighted by Crippen LogP contribution is 2.22. The molecule has 5 nitrogen and oxygen atoms in total. The lowest BCUT2D eigenvalue weighted by atomic mass is 10.1. The predicted octanol–water partition coefficient (Wildman–Crippen LogP) is 0.469. The fourth-order valence-corrected chi connectivity index (χ4v) is 3.09. The molecule has 0 aromatic heterocycles. The van der Waals surface area contributed by atoms with Crippen molar-refractivity contribution in [3.05, 3.63) is 0 Å². The quantitative estimate of drug-likeness (QED) is 0.789. The molecular formula is C14H26N2O3. The number of likely N-dealkylation sites (N-methyl/N-ethyl adjacent to an activating group) is 1. The highest BCUT2D eigenvalue weighted by atomic mass is 16.5. The number of carbonyl (C=O) groups excluding carboxylic acids is 1. The van der Waals surface area contributed by atoms with Crippen molar-refractivity contribution in [1.29, 1.82) is 0 Å². The van der Waals surface area contributed by atoms with Crippen LogP contribution in [0.15, 0.2) is 0 Å². The molecule has 1 N–H and O–H groups in total. The SMILES string of the molecule is CN(C)CC1CC(O)CN1C(=O)CCC1CCCO1. The third kappa shape index (κ3) is 4.16. The average Bonchev–Trinajstić information content (AvgIpc) is 2.95. The van der Waals surface area contributed by atoms with Crippen molar-refractivity contribution in [3.8, 4) is 0 Å². The predicted molar refractivity (Wildman–Crippen MR) is 72.9 cm³/mol. The Morgan fingerprint density at radius 2 is 2.26 bits per heavy atom. The van der Waals surface area contributed by atoms with Crippen molar-refractivity contribution < 1.29 is 14.6 Å². The Hall–Kier alpha value is -0.650. The molecule has 2 rings (SSSR count). The fraction of sp³-hybridized carbons (Fsp3) is 0.929. The monoisotopic (exact) mass is 270 g/mol. The van der Waals surface area contributed by atoms with Gasteiger partial charge in [-0.25, -0.2) is 0 Å². The van der Waals surface area contributed by atoms with Gasteiger partial charge in [-0.2, -0.15) is 0 Å². The summed E-state index contributed by atoms with van der Waals surface area (Å²) in [6, 6.07) is 0.155. The van der Waals surface area contributed by atoms with Crippen molar-refractivity contribution >= 4 is 5.91 Å². The molecule has 0 aliphatic carbocycles. The summed E-state index contributed by atoms with van der Waals surface area (Å²) in [7, 11) is 4.00. The zero-order chi connectivity index (χ0) is 13.8. The topological polar surface area (TPSA) is 53.0 Å². The minimum atomic E-state index is -0.364. The standard InChI is InChI=1S/C14H26N2O3/c1-15(2)9-11-8-12(17)10-16(11)14(18)6-5-13-4-3-7-19-13/h11-13,17H,3-10H2,1-2H3. The second-order valence-electron chi connectivity index (χ2n) is 6.03. The molecule has 110 valence electrons. The first-order chi connectivity index (χ1) is 9.06. The summed E-state index contributed by atoms with van der Waals surface area (Å²) in [4.78, 5) is 16.2. The van der Waals surface area contributed by atoms with Crippen LogP contribution < -0.4 is 0 Å². The number of hydrogen-bond donors (Lipinski definition) is 1. The van der Waals surface area contributed by atoms with E-state index >= 15 is 0 Å². The summed E-state index contributed by atoms with van der Waals surface area (Å²) in [5.41, 5.74) is 0. The highest BCUT2D eigenvalue weighted by molar-refractivity contribution is 5.77. The number of carbonyl (C=O) groups is 1. The number of aliphatic hydroxyl groups is 1. The molecule has 0 radical (unpaired) electrons. The normalized spacial score (nSPS) is 31.4. The van der Waals surface area contributed by atoms with E-state index in [1.54, 1.807) is 0 Å². The second kappa shape index (κ2) is 6.68. The van der Waals surface area contributed by atoms with E-state index in [0.717, 1.165) is 32.4 Å². The maximum atomic E-state index is 12.3. The number of aliphatic hydroxyl groups excluding tert-OH is 1. The molecule has 0 aromatic carbocycles. The van der Waals surface area contributed by atoms with Crippen LogP contribution in [0.3, 0.4) is 0 Å². The lowest BCUT2D eigenvalue weighted by Gasteiger charge is -2.27. The molecule has 1 amide bonds. The number of amides is 1. The molecule has 19 heavy (non-hydrogen) atoms. The largest absolute Gasteiger partial charge is 0.391 e. The molecule has 0 bridgehead atoms. The second-order valence-corrected chi connectivity index (χ2v) is 6.03. The lowest BCUT2D eigenvalue weighted by Crippen LogP contribution is -2.41. The number of nitrogens with zero attached hydrogens (tertiary/aromatic N) is 2. The van der Waals surface area contributed by atoms with Gasteiger partial charge in [0, 0.05) is 32.2 Å². The molecule has 0 spiro atoms. The summed E-state index contributed by atoms with van der Waals surface area (Å²) in [6.45, 7) is 2.15. The Labute approximate surface area is 115 Å². The first-order valence-corrected chi connectivity index (χ1v) is 7.30. The third-order valence-corrected chi connectivity index (χ3v) is 3.99. The molecule has 5 heteroatoms. The Balaban J connectivity index is 1.81. The van der Waals surface area contributed by atoms with Gasteiger partial charge in [-0.05, 0) is 39.8 Å². The fourth-order valence-electron chi connectivity index (χ4n) is 3.09. The summed E-state index contributed by atoms with van der Waals surface area (Å²) in [5.74, 6) is 0.166. The van der Waals surface area contributed by atoms with Gasteiger partial charge in [0.2, 0.25) is 5.91 Å². The van der Waals surface area contributed by atoms with Crippen LogP contribution in [0, 0.1) is 0 Å². The number of likely N-dealkylation sites (tertiary alicyclic amines) is 1. The van der Waals surface area contributed by atoms with E-state index in [2.05, 4.69) is 4.90 Å². The van der Waals surface area contributed by atoms with Gasteiger partial charge in [0.15, 0.2) is 0 Å². The maximum absolute atomic E-state index is 12.3. The Kier molecular flexibility index (Phi) is 5.19. The molecule has 2 aliphatic heterocycles. The molecule has 2 aliphatic rings. The van der Waals surface area contributed by atoms with Crippen LogP contribution >= 0.6 is 0 Å². The number of β-amino-alcohol motifs (C(OH)–C–C–N with tert-alkyl or cyclic N) is 1. The first-order valence-electron chi connectivity index (χ1n) is 7.30. The van der Waals surface area contributed by atoms with Gasteiger partial charge in [0.05, 0.1) is 12.2 Å². The van der Waals surface area contributed by atoms with E-state index in [1.165, 1.54) is 0 Å². The Morgan fingerprint density at radius 3 is 2.89 bits per heavy atom. The van der Waals surface area contributed by atoms with Crippen molar-refractivity contribution in [2.75, 3.05) is 33.8 Å². The van der Waals surface area contributed by atoms with Gasteiger partial charge >= 0.3 is 0 Å². The first kappa shape index (κ1) is 14.8. The van der Waals surface area contributed by atoms with E-state index < -0.39 is 0 Å². The van der Waals surface area contributed by atoms with Crippen LogP contribution in [0.4, 0.5) is 0 Å². The lowest BCUT2D eigenvalue weighted by molar-refractivity contribution is -0.133. The molecule has 0 aromatic rings. The van der Waals surface area contributed by atoms with Gasteiger partial charge in [-0.15, -0.1) is 0 Å².